The Bertz CT molecular complexity index is 893. The molecular weight excluding hydrogens is 377 g/mol. The van der Waals surface area contributed by atoms with Gasteiger partial charge in [-0.3, -0.25) is 0 Å². The molecule has 0 spiro atoms. The molecule has 4 rings (SSSR count). The lowest BCUT2D eigenvalue weighted by molar-refractivity contribution is -0.137. The minimum absolute atomic E-state index is 0.0460. The van der Waals surface area contributed by atoms with Gasteiger partial charge in [0.05, 0.1) is 36.1 Å². The molecule has 2 N–H and O–H groups in total. The van der Waals surface area contributed by atoms with Crippen LogP contribution in [0.25, 0.3) is 11.3 Å². The lowest BCUT2D eigenvalue weighted by Crippen LogP contribution is -2.49. The molecule has 1 saturated carbocycles. The van der Waals surface area contributed by atoms with Crippen LogP contribution in [-0.2, 0) is 10.9 Å². The standard InChI is InChI=1S/C18H19F3N4O3/c1-9-16(12-3-2-10(6-14(12)27)18(19,20)21)23-24-17(22-9)25-4-5-28-15-8-11(26)7-13(15)25/h2-3,6,11,13,15,26-27H,4-5,7-8H2,1H3/t11-,13+,15-/m1/s1. The maximum Gasteiger partial charge on any atom is 0.416 e. The molecule has 1 aromatic carbocycles. The number of rotatable bonds is 2. The number of ether oxygens (including phenoxy) is 1. The fraction of sp³-hybridized carbons (Fsp3) is 0.500. The highest BCUT2D eigenvalue weighted by Gasteiger charge is 2.41. The Morgan fingerprint density at radius 3 is 2.68 bits per heavy atom. The summed E-state index contributed by atoms with van der Waals surface area (Å²) in [6, 6.07) is 2.66. The normalized spacial score (nSPS) is 25.0. The summed E-state index contributed by atoms with van der Waals surface area (Å²) in [5, 5.41) is 28.2. The highest BCUT2D eigenvalue weighted by Crippen LogP contribution is 2.37. The van der Waals surface area contributed by atoms with Gasteiger partial charge in [-0.15, -0.1) is 10.2 Å². The van der Waals surface area contributed by atoms with Crippen molar-refractivity contribution in [2.24, 2.45) is 0 Å². The molecule has 1 aliphatic heterocycles. The van der Waals surface area contributed by atoms with Gasteiger partial charge in [-0.05, 0) is 31.5 Å². The van der Waals surface area contributed by atoms with Crippen LogP contribution < -0.4 is 4.90 Å². The molecule has 7 nitrogen and oxygen atoms in total. The second-order valence-electron chi connectivity index (χ2n) is 7.07. The van der Waals surface area contributed by atoms with Crippen LogP contribution in [0.2, 0.25) is 0 Å². The van der Waals surface area contributed by atoms with Gasteiger partial charge in [-0.1, -0.05) is 0 Å². The van der Waals surface area contributed by atoms with Crippen molar-refractivity contribution in [2.75, 3.05) is 18.1 Å². The van der Waals surface area contributed by atoms with Crippen molar-refractivity contribution >= 4 is 5.95 Å². The molecule has 10 heteroatoms. The van der Waals surface area contributed by atoms with Crippen LogP contribution in [0.1, 0.15) is 24.1 Å². The molecule has 1 aliphatic carbocycles. The van der Waals surface area contributed by atoms with Gasteiger partial charge in [0.2, 0.25) is 5.95 Å². The third kappa shape index (κ3) is 3.37. The summed E-state index contributed by atoms with van der Waals surface area (Å²) in [7, 11) is 0. The predicted octanol–water partition coefficient (Wildman–Crippen LogP) is 2.30. The van der Waals surface area contributed by atoms with Crippen LogP contribution in [0.3, 0.4) is 0 Å². The first-order chi connectivity index (χ1) is 13.2. The summed E-state index contributed by atoms with van der Waals surface area (Å²) in [6.45, 7) is 2.70. The molecule has 1 aromatic heterocycles. The van der Waals surface area contributed by atoms with Crippen molar-refractivity contribution in [3.05, 3.63) is 29.5 Å². The number of anilines is 1. The average Bonchev–Trinajstić information content (AvgIpc) is 3.01. The van der Waals surface area contributed by atoms with Crippen LogP contribution >= 0.6 is 0 Å². The van der Waals surface area contributed by atoms with Gasteiger partial charge < -0.3 is 19.8 Å². The second-order valence-corrected chi connectivity index (χ2v) is 7.07. The number of hydrogen-bond donors (Lipinski definition) is 2. The molecule has 0 radical (unpaired) electrons. The first-order valence-electron chi connectivity index (χ1n) is 8.92. The van der Waals surface area contributed by atoms with Gasteiger partial charge in [0.25, 0.3) is 0 Å². The van der Waals surface area contributed by atoms with Gasteiger partial charge in [0, 0.05) is 18.5 Å². The first-order valence-corrected chi connectivity index (χ1v) is 8.92. The molecule has 150 valence electrons. The molecule has 2 aromatic rings. The average molecular weight is 396 g/mol. The van der Waals surface area contributed by atoms with Gasteiger partial charge in [0.1, 0.15) is 11.4 Å². The molecule has 2 heterocycles. The lowest BCUT2D eigenvalue weighted by Gasteiger charge is -2.37. The SMILES string of the molecule is Cc1nc(N2CCO[C@@H]3C[C@H](O)C[C@@H]32)nnc1-c1ccc(C(F)(F)F)cc1O. The summed E-state index contributed by atoms with van der Waals surface area (Å²) in [6.07, 6.45) is -3.96. The number of fused-ring (bicyclic) bond motifs is 1. The second kappa shape index (κ2) is 6.85. The van der Waals surface area contributed by atoms with Crippen molar-refractivity contribution in [1.29, 1.82) is 0 Å². The number of aliphatic hydroxyl groups excluding tert-OH is 1. The predicted molar refractivity (Wildman–Crippen MR) is 92.8 cm³/mol. The number of nitrogens with zero attached hydrogens (tertiary/aromatic N) is 4. The molecular formula is C18H19F3N4O3. The summed E-state index contributed by atoms with van der Waals surface area (Å²) in [4.78, 5) is 6.40. The van der Waals surface area contributed by atoms with Crippen molar-refractivity contribution < 1.29 is 28.1 Å². The van der Waals surface area contributed by atoms with Gasteiger partial charge in [-0.2, -0.15) is 13.2 Å². The highest BCUT2D eigenvalue weighted by atomic mass is 19.4. The lowest BCUT2D eigenvalue weighted by atomic mass is 10.1. The third-order valence-electron chi connectivity index (χ3n) is 5.20. The Morgan fingerprint density at radius 1 is 1.21 bits per heavy atom. The first kappa shape index (κ1) is 18.9. The van der Waals surface area contributed by atoms with Gasteiger partial charge in [0.15, 0.2) is 0 Å². The maximum atomic E-state index is 12.8. The Kier molecular flexibility index (Phi) is 4.62. The summed E-state index contributed by atoms with van der Waals surface area (Å²) in [5.74, 6) is -0.160. The number of aromatic nitrogens is 3. The fourth-order valence-electron chi connectivity index (χ4n) is 3.85. The summed E-state index contributed by atoms with van der Waals surface area (Å²) in [5.41, 5.74) is -0.163. The van der Waals surface area contributed by atoms with E-state index < -0.39 is 23.6 Å². The van der Waals surface area contributed by atoms with Crippen LogP contribution in [0, 0.1) is 6.92 Å². The molecule has 1 saturated heterocycles. The van der Waals surface area contributed by atoms with E-state index in [0.717, 1.165) is 12.1 Å². The minimum atomic E-state index is -4.54. The van der Waals surface area contributed by atoms with Crippen LogP contribution in [0.4, 0.5) is 19.1 Å². The Morgan fingerprint density at radius 2 is 2.00 bits per heavy atom. The maximum absolute atomic E-state index is 12.8. The number of aryl methyl sites for hydroxylation is 1. The molecule has 0 unspecified atom stereocenters. The Balaban J connectivity index is 1.64. The fourth-order valence-corrected chi connectivity index (χ4v) is 3.85. The molecule has 0 amide bonds. The number of aromatic hydroxyl groups is 1. The van der Waals surface area contributed by atoms with E-state index in [0.29, 0.717) is 43.7 Å². The van der Waals surface area contributed by atoms with Crippen LogP contribution in [0.5, 0.6) is 5.75 Å². The molecule has 2 fully saturated rings. The van der Waals surface area contributed by atoms with E-state index >= 15 is 0 Å². The van der Waals surface area contributed by atoms with Gasteiger partial charge >= 0.3 is 6.18 Å². The number of alkyl halides is 3. The van der Waals surface area contributed by atoms with E-state index in [1.54, 1.807) is 6.92 Å². The zero-order valence-electron chi connectivity index (χ0n) is 15.0. The molecule has 3 atom stereocenters. The van der Waals surface area contributed by atoms with Crippen LogP contribution in [0.15, 0.2) is 18.2 Å². The molecule has 28 heavy (non-hydrogen) atoms. The smallest absolute Gasteiger partial charge is 0.416 e. The number of phenolic OH excluding ortho intramolecular Hbond substituents is 1. The van der Waals surface area contributed by atoms with E-state index in [9.17, 15) is 23.4 Å². The quantitative estimate of drug-likeness (QED) is 0.805. The monoisotopic (exact) mass is 396 g/mol. The number of phenols is 1. The van der Waals surface area contributed by atoms with Crippen molar-refractivity contribution in [3.63, 3.8) is 0 Å². The number of aliphatic hydroxyl groups is 1. The summed E-state index contributed by atoms with van der Waals surface area (Å²) >= 11 is 0. The van der Waals surface area contributed by atoms with E-state index in [4.69, 9.17) is 4.74 Å². The minimum Gasteiger partial charge on any atom is -0.507 e. The Hall–Kier alpha value is -2.46. The largest absolute Gasteiger partial charge is 0.507 e. The summed E-state index contributed by atoms with van der Waals surface area (Å²) < 4.78 is 44.1. The van der Waals surface area contributed by atoms with Gasteiger partial charge in [-0.25, -0.2) is 4.98 Å². The van der Waals surface area contributed by atoms with Crippen molar-refractivity contribution in [3.8, 4) is 17.0 Å². The topological polar surface area (TPSA) is 91.6 Å². The molecule has 2 aliphatic rings. The Labute approximate surface area is 158 Å². The van der Waals surface area contributed by atoms with Crippen molar-refractivity contribution in [2.45, 2.75) is 44.2 Å². The number of halogens is 3. The molecule has 0 bridgehead atoms. The highest BCUT2D eigenvalue weighted by molar-refractivity contribution is 5.69. The van der Waals surface area contributed by atoms with E-state index in [1.807, 2.05) is 4.90 Å². The van der Waals surface area contributed by atoms with E-state index in [-0.39, 0.29) is 23.4 Å². The zero-order valence-corrected chi connectivity index (χ0v) is 15.0. The third-order valence-corrected chi connectivity index (χ3v) is 5.20. The number of morpholine rings is 1. The number of benzene rings is 1. The van der Waals surface area contributed by atoms with Crippen molar-refractivity contribution in [1.82, 2.24) is 15.2 Å². The van der Waals surface area contributed by atoms with E-state index in [2.05, 4.69) is 15.2 Å². The van der Waals surface area contributed by atoms with E-state index in [1.165, 1.54) is 0 Å². The zero-order chi connectivity index (χ0) is 20.1. The van der Waals surface area contributed by atoms with Crippen LogP contribution in [-0.4, -0.2) is 56.8 Å². The number of hydrogen-bond acceptors (Lipinski definition) is 7.